The zero-order valence-corrected chi connectivity index (χ0v) is 15.1. The van der Waals surface area contributed by atoms with E-state index in [-0.39, 0.29) is 22.9 Å². The van der Waals surface area contributed by atoms with Gasteiger partial charge in [0.05, 0.1) is 31.5 Å². The summed E-state index contributed by atoms with van der Waals surface area (Å²) in [4.78, 5) is 19.0. The van der Waals surface area contributed by atoms with Crippen molar-refractivity contribution in [3.63, 3.8) is 0 Å². The minimum atomic E-state index is -0.713. The van der Waals surface area contributed by atoms with E-state index in [4.69, 9.17) is 19.9 Å². The van der Waals surface area contributed by atoms with Crippen molar-refractivity contribution < 1.29 is 14.2 Å². The second-order valence-electron chi connectivity index (χ2n) is 5.99. The van der Waals surface area contributed by atoms with Gasteiger partial charge in [-0.1, -0.05) is 19.4 Å². The summed E-state index contributed by atoms with van der Waals surface area (Å²) in [5.74, 6) is 0.401. The Kier molecular flexibility index (Phi) is 5.31. The van der Waals surface area contributed by atoms with Gasteiger partial charge in [-0.3, -0.25) is 4.79 Å². The van der Waals surface area contributed by atoms with E-state index in [0.717, 1.165) is 12.8 Å². The molecule has 0 spiro atoms. The topological polar surface area (TPSA) is 123 Å². The maximum Gasteiger partial charge on any atom is 0.258 e. The smallest absolute Gasteiger partial charge is 0.258 e. The van der Waals surface area contributed by atoms with Crippen molar-refractivity contribution >= 4 is 0 Å². The lowest BCUT2D eigenvalue weighted by Crippen LogP contribution is -2.28. The standard InChI is InChI=1S/C19H20N4O4/c1-3-4-7-26-13-6-5-11(8-14(13)25-2)15-12(9-20)17(21)27-19-16(15)18(24)22-10-23-19/h5-6,8,10,15H,3-4,7,21H2,1-2H3,(H,22,23,24). The second-order valence-corrected chi connectivity index (χ2v) is 5.99. The van der Waals surface area contributed by atoms with E-state index in [9.17, 15) is 10.1 Å². The van der Waals surface area contributed by atoms with Crippen LogP contribution in [-0.4, -0.2) is 23.7 Å². The Bertz CT molecular complexity index is 974. The summed E-state index contributed by atoms with van der Waals surface area (Å²) in [6.45, 7) is 2.66. The summed E-state index contributed by atoms with van der Waals surface area (Å²) < 4.78 is 16.5. The number of nitrogens with one attached hydrogen (secondary N) is 1. The number of ether oxygens (including phenoxy) is 3. The summed E-state index contributed by atoms with van der Waals surface area (Å²) >= 11 is 0. The fourth-order valence-electron chi connectivity index (χ4n) is 2.94. The van der Waals surface area contributed by atoms with E-state index in [1.807, 2.05) is 6.07 Å². The molecule has 0 amide bonds. The lowest BCUT2D eigenvalue weighted by Gasteiger charge is -2.25. The molecule has 3 N–H and O–H groups in total. The number of allylic oxidation sites excluding steroid dienone is 1. The Balaban J connectivity index is 2.09. The molecule has 2 heterocycles. The van der Waals surface area contributed by atoms with Crippen LogP contribution in [0.25, 0.3) is 0 Å². The lowest BCUT2D eigenvalue weighted by atomic mass is 9.85. The minimum absolute atomic E-state index is 0.0738. The van der Waals surface area contributed by atoms with Crippen molar-refractivity contribution in [3.8, 4) is 23.4 Å². The van der Waals surface area contributed by atoms with Crippen LogP contribution < -0.4 is 25.5 Å². The molecule has 1 aromatic heterocycles. The quantitative estimate of drug-likeness (QED) is 0.749. The van der Waals surface area contributed by atoms with Crippen LogP contribution in [0.3, 0.4) is 0 Å². The van der Waals surface area contributed by atoms with Crippen LogP contribution in [0.5, 0.6) is 17.4 Å². The number of rotatable bonds is 6. The van der Waals surface area contributed by atoms with Crippen molar-refractivity contribution in [2.24, 2.45) is 5.73 Å². The summed E-state index contributed by atoms with van der Waals surface area (Å²) in [5.41, 5.74) is 6.51. The van der Waals surface area contributed by atoms with E-state index in [1.54, 1.807) is 18.2 Å². The summed E-state index contributed by atoms with van der Waals surface area (Å²) in [6.07, 6.45) is 3.18. The van der Waals surface area contributed by atoms with Gasteiger partial charge in [0, 0.05) is 0 Å². The van der Waals surface area contributed by atoms with Crippen molar-refractivity contribution in [1.29, 1.82) is 5.26 Å². The van der Waals surface area contributed by atoms with Gasteiger partial charge >= 0.3 is 0 Å². The lowest BCUT2D eigenvalue weighted by molar-refractivity contribution is 0.288. The molecular weight excluding hydrogens is 348 g/mol. The Morgan fingerprint density at radius 3 is 2.93 bits per heavy atom. The first-order valence-corrected chi connectivity index (χ1v) is 8.56. The van der Waals surface area contributed by atoms with Gasteiger partial charge in [0.15, 0.2) is 11.5 Å². The molecule has 0 aliphatic carbocycles. The molecule has 1 aromatic carbocycles. The van der Waals surface area contributed by atoms with Gasteiger partial charge in [0.2, 0.25) is 11.8 Å². The average Bonchev–Trinajstić information content (AvgIpc) is 2.67. The second kappa shape index (κ2) is 7.83. The number of unbranched alkanes of at least 4 members (excludes halogenated alkanes) is 1. The number of hydrogen-bond acceptors (Lipinski definition) is 7. The van der Waals surface area contributed by atoms with Gasteiger partial charge in [0.25, 0.3) is 5.56 Å². The van der Waals surface area contributed by atoms with E-state index in [2.05, 4.69) is 16.9 Å². The maximum absolute atomic E-state index is 12.4. The summed E-state index contributed by atoms with van der Waals surface area (Å²) in [5, 5.41) is 9.58. The van der Waals surface area contributed by atoms with Crippen LogP contribution in [0.2, 0.25) is 0 Å². The van der Waals surface area contributed by atoms with Crippen molar-refractivity contribution in [1.82, 2.24) is 9.97 Å². The third kappa shape index (κ3) is 3.44. The normalized spacial score (nSPS) is 15.5. The molecular formula is C19H20N4O4. The van der Waals surface area contributed by atoms with E-state index in [1.165, 1.54) is 13.4 Å². The SMILES string of the molecule is CCCCOc1ccc(C2C(C#N)=C(N)Oc3nc[nH]c(=O)c32)cc1OC. The van der Waals surface area contributed by atoms with Crippen LogP contribution in [0.1, 0.15) is 36.8 Å². The van der Waals surface area contributed by atoms with Crippen molar-refractivity contribution in [2.45, 2.75) is 25.7 Å². The first-order chi connectivity index (χ1) is 13.1. The highest BCUT2D eigenvalue weighted by Crippen LogP contribution is 2.41. The van der Waals surface area contributed by atoms with Crippen LogP contribution in [-0.2, 0) is 0 Å². The Morgan fingerprint density at radius 2 is 2.22 bits per heavy atom. The zero-order valence-electron chi connectivity index (χ0n) is 15.1. The molecule has 0 bridgehead atoms. The Labute approximate surface area is 156 Å². The van der Waals surface area contributed by atoms with E-state index >= 15 is 0 Å². The number of hydrogen-bond donors (Lipinski definition) is 2. The molecule has 1 aliphatic rings. The highest BCUT2D eigenvalue weighted by atomic mass is 16.5. The van der Waals surface area contributed by atoms with Gasteiger partial charge in [-0.05, 0) is 24.1 Å². The molecule has 8 heteroatoms. The predicted octanol–water partition coefficient (Wildman–Crippen LogP) is 2.18. The summed E-state index contributed by atoms with van der Waals surface area (Å²) in [7, 11) is 1.54. The molecule has 27 heavy (non-hydrogen) atoms. The van der Waals surface area contributed by atoms with E-state index in [0.29, 0.717) is 23.7 Å². The fraction of sp³-hybridized carbons (Fsp3) is 0.316. The molecule has 1 atom stereocenters. The number of benzene rings is 1. The number of aromatic nitrogens is 2. The Hall–Kier alpha value is -3.47. The molecule has 0 radical (unpaired) electrons. The number of methoxy groups -OCH3 is 1. The Morgan fingerprint density at radius 1 is 1.41 bits per heavy atom. The molecule has 8 nitrogen and oxygen atoms in total. The highest BCUT2D eigenvalue weighted by molar-refractivity contribution is 5.55. The van der Waals surface area contributed by atoms with Gasteiger partial charge in [-0.25, -0.2) is 4.98 Å². The number of fused-ring (bicyclic) bond motifs is 1. The molecule has 0 saturated heterocycles. The number of nitrogens with two attached hydrogens (primary N) is 1. The van der Waals surface area contributed by atoms with Crippen LogP contribution >= 0.6 is 0 Å². The first kappa shape index (κ1) is 18.3. The number of nitrogens with zero attached hydrogens (tertiary/aromatic N) is 2. The van der Waals surface area contributed by atoms with Crippen molar-refractivity contribution in [3.05, 3.63) is 57.5 Å². The molecule has 0 saturated carbocycles. The largest absolute Gasteiger partial charge is 0.493 e. The number of H-pyrrole nitrogens is 1. The molecule has 3 rings (SSSR count). The van der Waals surface area contributed by atoms with Crippen LogP contribution in [0.4, 0.5) is 0 Å². The van der Waals surface area contributed by atoms with Crippen molar-refractivity contribution in [2.75, 3.05) is 13.7 Å². The molecule has 140 valence electrons. The number of nitriles is 1. The predicted molar refractivity (Wildman–Crippen MR) is 97.6 cm³/mol. The molecule has 0 fully saturated rings. The van der Waals surface area contributed by atoms with Gasteiger partial charge in [0.1, 0.15) is 11.6 Å². The monoisotopic (exact) mass is 368 g/mol. The minimum Gasteiger partial charge on any atom is -0.493 e. The first-order valence-electron chi connectivity index (χ1n) is 8.56. The molecule has 1 aliphatic heterocycles. The van der Waals surface area contributed by atoms with Gasteiger partial charge in [-0.2, -0.15) is 5.26 Å². The van der Waals surface area contributed by atoms with Crippen LogP contribution in [0, 0.1) is 11.3 Å². The average molecular weight is 368 g/mol. The van der Waals surface area contributed by atoms with E-state index < -0.39 is 11.5 Å². The summed E-state index contributed by atoms with van der Waals surface area (Å²) in [6, 6.07) is 7.31. The van der Waals surface area contributed by atoms with Crippen LogP contribution in [0.15, 0.2) is 40.8 Å². The fourth-order valence-corrected chi connectivity index (χ4v) is 2.94. The maximum atomic E-state index is 12.4. The third-order valence-corrected chi connectivity index (χ3v) is 4.30. The number of aromatic amines is 1. The molecule has 1 unspecified atom stereocenters. The van der Waals surface area contributed by atoms with Gasteiger partial charge in [-0.15, -0.1) is 0 Å². The van der Waals surface area contributed by atoms with Gasteiger partial charge < -0.3 is 24.9 Å². The third-order valence-electron chi connectivity index (χ3n) is 4.30. The highest BCUT2D eigenvalue weighted by Gasteiger charge is 2.34. The zero-order chi connectivity index (χ0) is 19.4. The molecule has 2 aromatic rings.